The normalized spacial score (nSPS) is 46.8. The molecule has 222 valence electrons. The number of hydrogen-bond acceptors (Lipinski definition) is 15. The highest BCUT2D eigenvalue weighted by Gasteiger charge is 2.53. The fourth-order valence-corrected chi connectivity index (χ4v) is 4.65. The summed E-state index contributed by atoms with van der Waals surface area (Å²) in [6, 6.07) is -3.74. The number of amides is 1. The number of nitrogens with one attached hydrogen (secondary N) is 1. The number of ether oxygens (including phenoxy) is 4. The second-order valence-corrected chi connectivity index (χ2v) is 9.53. The summed E-state index contributed by atoms with van der Waals surface area (Å²) < 4.78 is 47.4. The number of carbonyl (C=O) groups excluding carboxylic acids is 1. The minimum Gasteiger partial charge on any atom is -0.394 e. The highest BCUT2D eigenvalue weighted by Crippen LogP contribution is 2.32. The summed E-state index contributed by atoms with van der Waals surface area (Å²) in [5.74, 6) is -1.48. The quantitative estimate of drug-likeness (QED) is 0.124. The first-order chi connectivity index (χ1) is 17.8. The van der Waals surface area contributed by atoms with E-state index in [-0.39, 0.29) is 13.0 Å². The third-order valence-electron chi connectivity index (χ3n) is 6.92. The van der Waals surface area contributed by atoms with Crippen molar-refractivity contribution >= 4 is 5.91 Å². The SMILES string of the molecule is NCC1OC(OC2C(CO)OC(OC3C(O)C(N)CC(NC(=O)C(O)C(F)F)C3O)C2O)C(N)C(O)C1O. The van der Waals surface area contributed by atoms with Gasteiger partial charge in [-0.1, -0.05) is 0 Å². The van der Waals surface area contributed by atoms with Crippen molar-refractivity contribution in [2.24, 2.45) is 17.2 Å². The highest BCUT2D eigenvalue weighted by molar-refractivity contribution is 5.81. The summed E-state index contributed by atoms with van der Waals surface area (Å²) in [4.78, 5) is 11.8. The molecule has 14 N–H and O–H groups in total. The fraction of sp³-hybridized carbons (Fsp3) is 0.950. The molecule has 18 heteroatoms. The number of aliphatic hydroxyl groups excluding tert-OH is 7. The molecule has 1 saturated carbocycles. The number of hydrogen-bond donors (Lipinski definition) is 11. The van der Waals surface area contributed by atoms with Crippen LogP contribution in [0.25, 0.3) is 0 Å². The van der Waals surface area contributed by atoms with Crippen molar-refractivity contribution in [3.05, 3.63) is 0 Å². The summed E-state index contributed by atoms with van der Waals surface area (Å²) in [6.07, 6.45) is -22.6. The van der Waals surface area contributed by atoms with E-state index in [4.69, 9.17) is 36.1 Å². The molecule has 3 rings (SSSR count). The standard InChI is InChI=1S/C20H36F2N4O12/c21-17(22)14(33)18(34)26-5-1-4(24)9(28)16(10(5)29)38-20-13(32)15(7(3-27)36-20)37-19-8(25)12(31)11(30)6(2-23)35-19/h4-17,19-20,27-33H,1-3,23-25H2,(H,26,34). The van der Waals surface area contributed by atoms with Gasteiger partial charge >= 0.3 is 0 Å². The summed E-state index contributed by atoms with van der Waals surface area (Å²) in [7, 11) is 0. The molecule has 0 aromatic heterocycles. The van der Waals surface area contributed by atoms with Gasteiger partial charge in [0.25, 0.3) is 12.3 Å². The van der Waals surface area contributed by atoms with Gasteiger partial charge in [0.1, 0.15) is 48.8 Å². The molecule has 1 aliphatic carbocycles. The lowest BCUT2D eigenvalue weighted by molar-refractivity contribution is -0.280. The van der Waals surface area contributed by atoms with Crippen molar-refractivity contribution in [1.82, 2.24) is 5.32 Å². The summed E-state index contributed by atoms with van der Waals surface area (Å²) in [5.41, 5.74) is 17.3. The second kappa shape index (κ2) is 13.0. The zero-order chi connectivity index (χ0) is 28.5. The Morgan fingerprint density at radius 2 is 1.53 bits per heavy atom. The summed E-state index contributed by atoms with van der Waals surface area (Å²) in [5, 5.41) is 73.2. The highest BCUT2D eigenvalue weighted by atomic mass is 19.3. The Morgan fingerprint density at radius 1 is 0.921 bits per heavy atom. The molecule has 3 aliphatic rings. The third-order valence-corrected chi connectivity index (χ3v) is 6.92. The Labute approximate surface area is 215 Å². The average molecular weight is 563 g/mol. The molecule has 0 spiro atoms. The lowest BCUT2D eigenvalue weighted by Crippen LogP contribution is -2.65. The van der Waals surface area contributed by atoms with Gasteiger partial charge in [0.05, 0.1) is 24.8 Å². The van der Waals surface area contributed by atoms with E-state index in [1.165, 1.54) is 0 Å². The van der Waals surface area contributed by atoms with Crippen LogP contribution in [0.5, 0.6) is 0 Å². The molecule has 15 atom stereocenters. The predicted octanol–water partition coefficient (Wildman–Crippen LogP) is -6.87. The lowest BCUT2D eigenvalue weighted by atomic mass is 9.84. The van der Waals surface area contributed by atoms with Crippen molar-refractivity contribution < 1.29 is 68.3 Å². The Hall–Kier alpha value is -1.23. The number of rotatable bonds is 9. The monoisotopic (exact) mass is 562 g/mol. The Morgan fingerprint density at radius 3 is 2.11 bits per heavy atom. The van der Waals surface area contributed by atoms with Crippen LogP contribution in [-0.4, -0.2) is 153 Å². The molecule has 1 amide bonds. The molecular formula is C20H36F2N4O12. The second-order valence-electron chi connectivity index (χ2n) is 9.53. The zero-order valence-electron chi connectivity index (χ0n) is 20.0. The average Bonchev–Trinajstić information content (AvgIpc) is 3.18. The number of halogens is 2. The van der Waals surface area contributed by atoms with E-state index in [0.29, 0.717) is 0 Å². The van der Waals surface area contributed by atoms with E-state index in [1.54, 1.807) is 0 Å². The van der Waals surface area contributed by atoms with E-state index in [2.05, 4.69) is 0 Å². The smallest absolute Gasteiger partial charge is 0.273 e. The van der Waals surface area contributed by atoms with Crippen LogP contribution in [0, 0.1) is 0 Å². The summed E-state index contributed by atoms with van der Waals surface area (Å²) >= 11 is 0. The number of aliphatic hydroxyl groups is 7. The largest absolute Gasteiger partial charge is 0.394 e. The molecule has 15 unspecified atom stereocenters. The van der Waals surface area contributed by atoms with Gasteiger partial charge in [0.2, 0.25) is 0 Å². The van der Waals surface area contributed by atoms with E-state index >= 15 is 0 Å². The van der Waals surface area contributed by atoms with Crippen LogP contribution in [0.1, 0.15) is 6.42 Å². The van der Waals surface area contributed by atoms with Crippen LogP contribution >= 0.6 is 0 Å². The zero-order valence-corrected chi connectivity index (χ0v) is 20.0. The maximum Gasteiger partial charge on any atom is 0.273 e. The summed E-state index contributed by atoms with van der Waals surface area (Å²) in [6.45, 7) is -0.915. The molecule has 3 fully saturated rings. The minimum atomic E-state index is -3.39. The first kappa shape index (κ1) is 31.3. The predicted molar refractivity (Wildman–Crippen MR) is 118 cm³/mol. The van der Waals surface area contributed by atoms with Gasteiger partial charge in [0.15, 0.2) is 18.7 Å². The van der Waals surface area contributed by atoms with Crippen LogP contribution in [0.2, 0.25) is 0 Å². The van der Waals surface area contributed by atoms with E-state index in [1.807, 2.05) is 5.32 Å². The maximum absolute atomic E-state index is 12.7. The first-order valence-corrected chi connectivity index (χ1v) is 11.9. The number of nitrogens with two attached hydrogens (primary N) is 3. The lowest BCUT2D eigenvalue weighted by Gasteiger charge is -2.43. The number of carbonyl (C=O) groups is 1. The third kappa shape index (κ3) is 6.39. The van der Waals surface area contributed by atoms with Gasteiger partial charge in [-0.15, -0.1) is 0 Å². The Balaban J connectivity index is 1.70. The molecule has 0 radical (unpaired) electrons. The van der Waals surface area contributed by atoms with Gasteiger partial charge in [0, 0.05) is 12.6 Å². The van der Waals surface area contributed by atoms with Crippen LogP contribution < -0.4 is 22.5 Å². The Kier molecular flexibility index (Phi) is 10.7. The van der Waals surface area contributed by atoms with Gasteiger partial charge < -0.3 is 77.2 Å². The van der Waals surface area contributed by atoms with Crippen LogP contribution in [-0.2, 0) is 23.7 Å². The van der Waals surface area contributed by atoms with Crippen molar-refractivity contribution in [1.29, 1.82) is 0 Å². The molecule has 38 heavy (non-hydrogen) atoms. The molecule has 16 nitrogen and oxygen atoms in total. The van der Waals surface area contributed by atoms with Gasteiger partial charge in [-0.05, 0) is 6.42 Å². The number of alkyl halides is 2. The Bertz CT molecular complexity index is 790. The van der Waals surface area contributed by atoms with E-state index in [0.717, 1.165) is 0 Å². The first-order valence-electron chi connectivity index (χ1n) is 11.9. The van der Waals surface area contributed by atoms with Crippen LogP contribution in [0.3, 0.4) is 0 Å². The van der Waals surface area contributed by atoms with Crippen molar-refractivity contribution in [2.75, 3.05) is 13.2 Å². The molecule has 0 aromatic rings. The molecule has 0 aromatic carbocycles. The van der Waals surface area contributed by atoms with Gasteiger partial charge in [-0.2, -0.15) is 0 Å². The van der Waals surface area contributed by atoms with Crippen LogP contribution in [0.4, 0.5) is 8.78 Å². The van der Waals surface area contributed by atoms with Crippen molar-refractivity contribution in [2.45, 2.75) is 105 Å². The van der Waals surface area contributed by atoms with Gasteiger partial charge in [-0.25, -0.2) is 8.78 Å². The van der Waals surface area contributed by atoms with Crippen molar-refractivity contribution in [3.8, 4) is 0 Å². The topological polar surface area (TPSA) is 286 Å². The molecule has 2 saturated heterocycles. The molecule has 2 aliphatic heterocycles. The van der Waals surface area contributed by atoms with Crippen LogP contribution in [0.15, 0.2) is 0 Å². The maximum atomic E-state index is 12.7. The fourth-order valence-electron chi connectivity index (χ4n) is 4.65. The molecule has 0 bridgehead atoms. The van der Waals surface area contributed by atoms with E-state index < -0.39 is 111 Å². The van der Waals surface area contributed by atoms with Crippen molar-refractivity contribution in [3.63, 3.8) is 0 Å². The van der Waals surface area contributed by atoms with E-state index in [9.17, 15) is 49.3 Å². The molecular weight excluding hydrogens is 526 g/mol. The minimum absolute atomic E-state index is 0.201. The van der Waals surface area contributed by atoms with Gasteiger partial charge in [-0.3, -0.25) is 4.79 Å². The molecule has 2 heterocycles.